The van der Waals surface area contributed by atoms with Crippen molar-refractivity contribution >= 4 is 33.8 Å². The molecule has 1 aromatic heterocycles. The third-order valence-corrected chi connectivity index (χ3v) is 5.46. The number of anilines is 2. The van der Waals surface area contributed by atoms with Gasteiger partial charge < -0.3 is 15.0 Å². The number of allylic oxidation sites excluding steroid dienone is 4. The van der Waals surface area contributed by atoms with Crippen LogP contribution in [0.15, 0.2) is 90.6 Å². The molecular formula is C28H29N5O. The monoisotopic (exact) mass is 451 g/mol. The lowest BCUT2D eigenvalue weighted by Gasteiger charge is -2.17. The van der Waals surface area contributed by atoms with Crippen molar-refractivity contribution in [3.05, 3.63) is 96.7 Å². The van der Waals surface area contributed by atoms with E-state index in [0.717, 1.165) is 62.9 Å². The molecule has 34 heavy (non-hydrogen) atoms. The third kappa shape index (κ3) is 5.41. The van der Waals surface area contributed by atoms with Crippen molar-refractivity contribution in [3.63, 3.8) is 0 Å². The summed E-state index contributed by atoms with van der Waals surface area (Å²) in [4.78, 5) is 15.3. The molecule has 0 amide bonds. The van der Waals surface area contributed by atoms with E-state index in [2.05, 4.69) is 39.0 Å². The van der Waals surface area contributed by atoms with E-state index in [0.29, 0.717) is 0 Å². The van der Waals surface area contributed by atoms with Crippen molar-refractivity contribution in [3.8, 4) is 5.75 Å². The minimum atomic E-state index is 0.743. The summed E-state index contributed by atoms with van der Waals surface area (Å²) in [5.74, 6) is 2.29. The zero-order valence-electron chi connectivity index (χ0n) is 20.0. The number of rotatable bonds is 6. The van der Waals surface area contributed by atoms with Crippen LogP contribution in [0.4, 0.5) is 11.5 Å². The highest BCUT2D eigenvalue weighted by Gasteiger charge is 2.10. The molecule has 1 aliphatic rings. The minimum Gasteiger partial charge on any atom is -0.457 e. The number of hydrogen-bond acceptors (Lipinski definition) is 6. The molecule has 6 heteroatoms. The number of aliphatic imine (C=N–C) groups is 1. The van der Waals surface area contributed by atoms with Crippen LogP contribution < -0.4 is 10.1 Å². The van der Waals surface area contributed by atoms with Gasteiger partial charge in [-0.05, 0) is 67.8 Å². The van der Waals surface area contributed by atoms with Gasteiger partial charge in [-0.3, -0.25) is 4.99 Å². The predicted molar refractivity (Wildman–Crippen MR) is 141 cm³/mol. The Labute approximate surface area is 200 Å². The molecule has 0 bridgehead atoms. The number of aromatic nitrogens is 2. The zero-order valence-corrected chi connectivity index (χ0v) is 20.0. The summed E-state index contributed by atoms with van der Waals surface area (Å²) in [6.07, 6.45) is 12.2. The molecule has 2 aromatic carbocycles. The second-order valence-electron chi connectivity index (χ2n) is 8.34. The molecule has 172 valence electrons. The van der Waals surface area contributed by atoms with Crippen LogP contribution in [0.2, 0.25) is 0 Å². The van der Waals surface area contributed by atoms with Gasteiger partial charge >= 0.3 is 0 Å². The highest BCUT2D eigenvalue weighted by Crippen LogP contribution is 2.29. The molecule has 0 saturated heterocycles. The first-order valence-corrected chi connectivity index (χ1v) is 11.2. The van der Waals surface area contributed by atoms with E-state index >= 15 is 0 Å². The van der Waals surface area contributed by atoms with Gasteiger partial charge in [-0.15, -0.1) is 0 Å². The van der Waals surface area contributed by atoms with Gasteiger partial charge in [0.15, 0.2) is 0 Å². The van der Waals surface area contributed by atoms with E-state index in [1.54, 1.807) is 6.33 Å². The van der Waals surface area contributed by atoms with Gasteiger partial charge in [0.05, 0.1) is 5.52 Å². The SMILES string of the molecule is C=C(c1ccc2ncnc(Nc3ccc(OC4=C/C(C)=N/C=CC/C=C\4)c(C)c3)c2c1)N(C)C. The fourth-order valence-electron chi connectivity index (χ4n) is 3.55. The van der Waals surface area contributed by atoms with Crippen LogP contribution in [-0.4, -0.2) is 34.7 Å². The first-order valence-electron chi connectivity index (χ1n) is 11.2. The fourth-order valence-corrected chi connectivity index (χ4v) is 3.55. The molecule has 6 nitrogen and oxygen atoms in total. The topological polar surface area (TPSA) is 62.6 Å². The largest absolute Gasteiger partial charge is 0.457 e. The van der Waals surface area contributed by atoms with Crippen molar-refractivity contribution in [2.45, 2.75) is 20.3 Å². The molecule has 3 aromatic rings. The number of nitrogens with one attached hydrogen (secondary N) is 1. The smallest absolute Gasteiger partial charge is 0.141 e. The van der Waals surface area contributed by atoms with Gasteiger partial charge in [-0.1, -0.05) is 24.8 Å². The maximum absolute atomic E-state index is 6.19. The lowest BCUT2D eigenvalue weighted by molar-refractivity contribution is 0.442. The number of hydrogen-bond donors (Lipinski definition) is 1. The summed E-state index contributed by atoms with van der Waals surface area (Å²) in [7, 11) is 3.96. The van der Waals surface area contributed by atoms with E-state index in [-0.39, 0.29) is 0 Å². The van der Waals surface area contributed by atoms with E-state index < -0.39 is 0 Å². The summed E-state index contributed by atoms with van der Waals surface area (Å²) in [5, 5.41) is 4.38. The highest BCUT2D eigenvalue weighted by atomic mass is 16.5. The first kappa shape index (κ1) is 23.0. The van der Waals surface area contributed by atoms with Crippen LogP contribution >= 0.6 is 0 Å². The van der Waals surface area contributed by atoms with Crippen LogP contribution in [0.3, 0.4) is 0 Å². The van der Waals surface area contributed by atoms with Gasteiger partial charge in [0.25, 0.3) is 0 Å². The molecule has 2 heterocycles. The molecule has 0 spiro atoms. The van der Waals surface area contributed by atoms with Gasteiger partial charge in [-0.25, -0.2) is 9.97 Å². The second-order valence-corrected chi connectivity index (χ2v) is 8.34. The molecule has 1 aliphatic heterocycles. The summed E-state index contributed by atoms with van der Waals surface area (Å²) >= 11 is 0. The first-order chi connectivity index (χ1) is 16.4. The molecule has 0 aliphatic carbocycles. The third-order valence-electron chi connectivity index (χ3n) is 5.46. The Morgan fingerprint density at radius 3 is 2.71 bits per heavy atom. The lowest BCUT2D eigenvalue weighted by Crippen LogP contribution is -2.08. The Morgan fingerprint density at radius 1 is 1.06 bits per heavy atom. The van der Waals surface area contributed by atoms with Gasteiger partial charge in [-0.2, -0.15) is 0 Å². The molecule has 0 saturated carbocycles. The number of aryl methyl sites for hydroxylation is 1. The van der Waals surface area contributed by atoms with Crippen LogP contribution in [-0.2, 0) is 0 Å². The maximum atomic E-state index is 6.19. The summed E-state index contributed by atoms with van der Waals surface area (Å²) < 4.78 is 6.19. The molecular weight excluding hydrogens is 422 g/mol. The average Bonchev–Trinajstić information content (AvgIpc) is 2.92. The zero-order chi connectivity index (χ0) is 24.1. The van der Waals surface area contributed by atoms with Crippen molar-refractivity contribution in [1.29, 1.82) is 0 Å². The van der Waals surface area contributed by atoms with Crippen molar-refractivity contribution in [1.82, 2.24) is 14.9 Å². The molecule has 4 rings (SSSR count). The number of benzene rings is 2. The van der Waals surface area contributed by atoms with Crippen molar-refractivity contribution < 1.29 is 4.74 Å². The summed E-state index contributed by atoms with van der Waals surface area (Å²) in [6.45, 7) is 8.15. The van der Waals surface area contributed by atoms with Gasteiger partial charge in [0.2, 0.25) is 0 Å². The molecule has 0 atom stereocenters. The summed E-state index contributed by atoms with van der Waals surface area (Å²) in [6, 6.07) is 12.1. The Hall–Kier alpha value is -4.19. The maximum Gasteiger partial charge on any atom is 0.141 e. The quantitative estimate of drug-likeness (QED) is 0.469. The Kier molecular flexibility index (Phi) is 6.87. The standard InChI is InChI=1S/C28H29N5O/c1-19-15-23(11-13-27(19)34-24-9-7-6-8-14-29-20(2)16-24)32-28-25-17-22(21(3)33(4)5)10-12-26(25)30-18-31-28/h7-18H,3,6H2,1-2,4-5H3,(H,30,31,32)/b9-7-,14-8?,24-16+,29-20+. The van der Waals surface area contributed by atoms with Crippen LogP contribution in [0.1, 0.15) is 24.5 Å². The van der Waals surface area contributed by atoms with E-state index in [1.165, 1.54) is 0 Å². The fraction of sp³-hybridized carbons (Fsp3) is 0.179. The lowest BCUT2D eigenvalue weighted by atomic mass is 10.1. The van der Waals surface area contributed by atoms with Crippen molar-refractivity contribution in [2.75, 3.05) is 19.4 Å². The molecule has 0 unspecified atom stereocenters. The Morgan fingerprint density at radius 2 is 1.91 bits per heavy atom. The number of nitrogens with zero attached hydrogens (tertiary/aromatic N) is 4. The Balaban J connectivity index is 1.59. The molecule has 1 N–H and O–H groups in total. The highest BCUT2D eigenvalue weighted by molar-refractivity contribution is 5.94. The number of ether oxygens (including phenoxy) is 1. The number of fused-ring (bicyclic) bond motifs is 1. The van der Waals surface area contributed by atoms with Crippen LogP contribution in [0, 0.1) is 6.92 Å². The Bertz CT molecular complexity index is 1350. The van der Waals surface area contributed by atoms with Gasteiger partial charge in [0.1, 0.15) is 23.7 Å². The molecule has 0 fully saturated rings. The van der Waals surface area contributed by atoms with Crippen LogP contribution in [0.25, 0.3) is 16.6 Å². The van der Waals surface area contributed by atoms with Gasteiger partial charge in [0, 0.05) is 48.9 Å². The molecule has 0 radical (unpaired) electrons. The summed E-state index contributed by atoms with van der Waals surface area (Å²) in [5.41, 5.74) is 5.64. The van der Waals surface area contributed by atoms with E-state index in [9.17, 15) is 0 Å². The minimum absolute atomic E-state index is 0.743. The normalized spacial score (nSPS) is 17.4. The predicted octanol–water partition coefficient (Wildman–Crippen LogP) is 6.41. The van der Waals surface area contributed by atoms with E-state index in [4.69, 9.17) is 4.74 Å². The van der Waals surface area contributed by atoms with Crippen LogP contribution in [0.5, 0.6) is 5.75 Å². The average molecular weight is 452 g/mol. The van der Waals surface area contributed by atoms with E-state index in [1.807, 2.05) is 87.6 Å². The van der Waals surface area contributed by atoms with Crippen molar-refractivity contribution in [2.24, 2.45) is 4.99 Å². The second kappa shape index (κ2) is 10.2.